The monoisotopic (exact) mass is 262 g/mol. The van der Waals surface area contributed by atoms with E-state index in [-0.39, 0.29) is 5.82 Å². The minimum Gasteiger partial charge on any atom is -0.369 e. The smallest absolute Gasteiger partial charge is 0.125 e. The lowest BCUT2D eigenvalue weighted by Gasteiger charge is -2.29. The van der Waals surface area contributed by atoms with Crippen molar-refractivity contribution in [2.75, 3.05) is 31.1 Å². The van der Waals surface area contributed by atoms with Gasteiger partial charge in [0.2, 0.25) is 0 Å². The number of anilines is 1. The third-order valence-electron chi connectivity index (χ3n) is 3.22. The van der Waals surface area contributed by atoms with Gasteiger partial charge in [-0.25, -0.2) is 4.39 Å². The van der Waals surface area contributed by atoms with Crippen LogP contribution in [0.15, 0.2) is 35.0 Å². The molecule has 0 bridgehead atoms. The van der Waals surface area contributed by atoms with Crippen molar-refractivity contribution in [3.05, 3.63) is 40.8 Å². The van der Waals surface area contributed by atoms with Gasteiger partial charge in [0.05, 0.1) is 0 Å². The van der Waals surface area contributed by atoms with Crippen molar-refractivity contribution in [2.24, 2.45) is 0 Å². The van der Waals surface area contributed by atoms with Crippen LogP contribution in [-0.2, 0) is 0 Å². The molecule has 0 unspecified atom stereocenters. The van der Waals surface area contributed by atoms with Crippen LogP contribution in [0.3, 0.4) is 0 Å². The van der Waals surface area contributed by atoms with Crippen molar-refractivity contribution in [3.8, 4) is 11.1 Å². The van der Waals surface area contributed by atoms with E-state index in [2.05, 4.69) is 21.7 Å². The highest BCUT2D eigenvalue weighted by Gasteiger charge is 2.12. The average Bonchev–Trinajstić information content (AvgIpc) is 2.93. The molecule has 0 amide bonds. The zero-order valence-electron chi connectivity index (χ0n) is 10.0. The number of hydrogen-bond donors (Lipinski definition) is 1. The van der Waals surface area contributed by atoms with Gasteiger partial charge in [-0.15, -0.1) is 0 Å². The predicted octanol–water partition coefficient (Wildman–Crippen LogP) is 2.96. The molecule has 1 saturated heterocycles. The summed E-state index contributed by atoms with van der Waals surface area (Å²) < 4.78 is 13.7. The summed E-state index contributed by atoms with van der Waals surface area (Å²) in [5.74, 6) is -0.160. The molecule has 3 rings (SSSR count). The first-order chi connectivity index (χ1) is 8.83. The molecular weight excluding hydrogens is 247 g/mol. The van der Waals surface area contributed by atoms with Crippen LogP contribution in [0, 0.1) is 5.82 Å². The zero-order valence-corrected chi connectivity index (χ0v) is 10.8. The van der Waals surface area contributed by atoms with Crippen LogP contribution in [0.1, 0.15) is 0 Å². The number of piperazine rings is 1. The molecule has 18 heavy (non-hydrogen) atoms. The Morgan fingerprint density at radius 1 is 1.11 bits per heavy atom. The molecule has 2 heterocycles. The molecule has 2 aromatic rings. The standard InChI is InChI=1S/C14H15FN2S/c15-13-7-12(11-1-6-18-10-11)8-14(9-13)17-4-2-16-3-5-17/h1,6-10,16H,2-5H2. The van der Waals surface area contributed by atoms with Crippen molar-refractivity contribution < 1.29 is 4.39 Å². The minimum absolute atomic E-state index is 0.160. The molecule has 2 nitrogen and oxygen atoms in total. The number of halogens is 1. The van der Waals surface area contributed by atoms with Gasteiger partial charge in [-0.1, -0.05) is 0 Å². The minimum atomic E-state index is -0.160. The first kappa shape index (κ1) is 11.7. The Balaban J connectivity index is 1.95. The van der Waals surface area contributed by atoms with E-state index in [1.165, 1.54) is 0 Å². The molecule has 0 spiro atoms. The first-order valence-electron chi connectivity index (χ1n) is 6.12. The number of hydrogen-bond acceptors (Lipinski definition) is 3. The normalized spacial score (nSPS) is 15.9. The van der Waals surface area contributed by atoms with E-state index in [0.717, 1.165) is 43.0 Å². The Morgan fingerprint density at radius 2 is 1.94 bits per heavy atom. The SMILES string of the molecule is Fc1cc(-c2ccsc2)cc(N2CCNCC2)c1. The molecule has 94 valence electrons. The molecular formula is C14H15FN2S. The molecule has 4 heteroatoms. The summed E-state index contributed by atoms with van der Waals surface area (Å²) in [6.07, 6.45) is 0. The van der Waals surface area contributed by atoms with E-state index in [9.17, 15) is 4.39 Å². The summed E-state index contributed by atoms with van der Waals surface area (Å²) in [4.78, 5) is 2.23. The molecule has 1 aromatic heterocycles. The average molecular weight is 262 g/mol. The summed E-state index contributed by atoms with van der Waals surface area (Å²) in [6.45, 7) is 3.80. The van der Waals surface area contributed by atoms with Crippen LogP contribution in [0.4, 0.5) is 10.1 Å². The lowest BCUT2D eigenvalue weighted by molar-refractivity contribution is 0.585. The van der Waals surface area contributed by atoms with Crippen LogP contribution in [0.5, 0.6) is 0 Å². The molecule has 1 N–H and O–H groups in total. The Hall–Kier alpha value is -1.39. The summed E-state index contributed by atoms with van der Waals surface area (Å²) in [7, 11) is 0. The molecule has 0 atom stereocenters. The van der Waals surface area contributed by atoms with Crippen molar-refractivity contribution in [1.29, 1.82) is 0 Å². The summed E-state index contributed by atoms with van der Waals surface area (Å²) >= 11 is 1.64. The number of nitrogens with one attached hydrogen (secondary N) is 1. The van der Waals surface area contributed by atoms with E-state index in [1.54, 1.807) is 23.5 Å². The lowest BCUT2D eigenvalue weighted by Crippen LogP contribution is -2.43. The quantitative estimate of drug-likeness (QED) is 0.895. The van der Waals surface area contributed by atoms with Crippen LogP contribution < -0.4 is 10.2 Å². The largest absolute Gasteiger partial charge is 0.369 e. The van der Waals surface area contributed by atoms with E-state index < -0.39 is 0 Å². The molecule has 1 aliphatic heterocycles. The third-order valence-corrected chi connectivity index (χ3v) is 3.90. The van der Waals surface area contributed by atoms with Crippen LogP contribution in [0.2, 0.25) is 0 Å². The maximum Gasteiger partial charge on any atom is 0.125 e. The Kier molecular flexibility index (Phi) is 3.30. The second-order valence-corrected chi connectivity index (χ2v) is 5.23. The van der Waals surface area contributed by atoms with Gasteiger partial charge in [0.15, 0.2) is 0 Å². The highest BCUT2D eigenvalue weighted by Crippen LogP contribution is 2.28. The van der Waals surface area contributed by atoms with Crippen molar-refractivity contribution in [2.45, 2.75) is 0 Å². The van der Waals surface area contributed by atoms with E-state index in [4.69, 9.17) is 0 Å². The Labute approximate surface area is 110 Å². The molecule has 0 radical (unpaired) electrons. The number of rotatable bonds is 2. The van der Waals surface area contributed by atoms with Gasteiger partial charge < -0.3 is 10.2 Å². The second kappa shape index (κ2) is 5.08. The second-order valence-electron chi connectivity index (χ2n) is 4.45. The number of benzene rings is 1. The van der Waals surface area contributed by atoms with Gasteiger partial charge >= 0.3 is 0 Å². The molecule has 1 fully saturated rings. The fourth-order valence-corrected chi connectivity index (χ4v) is 2.94. The Bertz CT molecular complexity index is 519. The predicted molar refractivity (Wildman–Crippen MR) is 74.8 cm³/mol. The van der Waals surface area contributed by atoms with Gasteiger partial charge in [0.25, 0.3) is 0 Å². The van der Waals surface area contributed by atoms with Gasteiger partial charge in [0.1, 0.15) is 5.82 Å². The maximum atomic E-state index is 13.7. The van der Waals surface area contributed by atoms with Gasteiger partial charge in [-0.3, -0.25) is 0 Å². The highest BCUT2D eigenvalue weighted by atomic mass is 32.1. The lowest BCUT2D eigenvalue weighted by atomic mass is 10.1. The van der Waals surface area contributed by atoms with Gasteiger partial charge in [-0.2, -0.15) is 11.3 Å². The molecule has 0 aliphatic carbocycles. The number of nitrogens with zero attached hydrogens (tertiary/aromatic N) is 1. The topological polar surface area (TPSA) is 15.3 Å². The fraction of sp³-hybridized carbons (Fsp3) is 0.286. The first-order valence-corrected chi connectivity index (χ1v) is 7.06. The third kappa shape index (κ3) is 2.40. The van der Waals surface area contributed by atoms with Crippen LogP contribution in [-0.4, -0.2) is 26.2 Å². The van der Waals surface area contributed by atoms with Gasteiger partial charge in [0, 0.05) is 31.9 Å². The van der Waals surface area contributed by atoms with Crippen LogP contribution in [0.25, 0.3) is 11.1 Å². The van der Waals surface area contributed by atoms with E-state index >= 15 is 0 Å². The zero-order chi connectivity index (χ0) is 12.4. The maximum absolute atomic E-state index is 13.7. The van der Waals surface area contributed by atoms with Crippen molar-refractivity contribution >= 4 is 17.0 Å². The molecule has 1 aliphatic rings. The van der Waals surface area contributed by atoms with E-state index in [0.29, 0.717) is 0 Å². The van der Waals surface area contributed by atoms with Crippen LogP contribution >= 0.6 is 11.3 Å². The molecule has 0 saturated carbocycles. The van der Waals surface area contributed by atoms with E-state index in [1.807, 2.05) is 11.4 Å². The summed E-state index contributed by atoms with van der Waals surface area (Å²) in [5.41, 5.74) is 3.04. The van der Waals surface area contributed by atoms with Crippen molar-refractivity contribution in [1.82, 2.24) is 5.32 Å². The number of thiophene rings is 1. The van der Waals surface area contributed by atoms with Crippen molar-refractivity contribution in [3.63, 3.8) is 0 Å². The molecule has 1 aromatic carbocycles. The van der Waals surface area contributed by atoms with Gasteiger partial charge in [-0.05, 0) is 46.2 Å². The fourth-order valence-electron chi connectivity index (χ4n) is 2.28. The summed E-state index contributed by atoms with van der Waals surface area (Å²) in [6, 6.07) is 7.34. The summed E-state index contributed by atoms with van der Waals surface area (Å²) in [5, 5.41) is 7.38. The highest BCUT2D eigenvalue weighted by molar-refractivity contribution is 7.08. The Morgan fingerprint density at radius 3 is 2.67 bits per heavy atom.